The largest absolute Gasteiger partial charge is 0.359 e. The van der Waals surface area contributed by atoms with Crippen molar-refractivity contribution in [2.75, 3.05) is 0 Å². The van der Waals surface area contributed by atoms with Gasteiger partial charge in [-0.15, -0.1) is 0 Å². The fraction of sp³-hybridized carbons (Fsp3) is 0.167. The van der Waals surface area contributed by atoms with E-state index in [2.05, 4.69) is 58.9 Å². The van der Waals surface area contributed by atoms with Crippen LogP contribution in [0.3, 0.4) is 0 Å². The summed E-state index contributed by atoms with van der Waals surface area (Å²) >= 11 is 5.32. The monoisotopic (exact) mass is 309 g/mol. The zero-order valence-corrected chi connectivity index (χ0v) is 13.3. The molecule has 1 aromatic heterocycles. The average Bonchev–Trinajstić information content (AvgIpc) is 2.91. The zero-order chi connectivity index (χ0) is 15.4. The van der Waals surface area contributed by atoms with Gasteiger partial charge in [-0.05, 0) is 53.9 Å². The lowest BCUT2D eigenvalue weighted by Crippen LogP contribution is -2.34. The third-order valence-electron chi connectivity index (χ3n) is 3.57. The number of hydrogen-bond donors (Lipinski definition) is 3. The highest BCUT2D eigenvalue weighted by atomic mass is 32.1. The molecule has 112 valence electrons. The molecule has 0 fully saturated rings. The number of benzene rings is 2. The Kier molecular flexibility index (Phi) is 4.39. The number of thiocarbonyl (C=S) groups is 1. The predicted molar refractivity (Wildman–Crippen MR) is 95.8 cm³/mol. The van der Waals surface area contributed by atoms with Crippen LogP contribution in [0.4, 0.5) is 0 Å². The number of H-pyrrole nitrogens is 1. The second-order valence-corrected chi connectivity index (χ2v) is 5.80. The number of nitrogens with one attached hydrogen (secondary N) is 3. The minimum Gasteiger partial charge on any atom is -0.359 e. The van der Waals surface area contributed by atoms with E-state index in [1.807, 2.05) is 18.2 Å². The topological polar surface area (TPSA) is 39.8 Å². The molecule has 0 radical (unpaired) electrons. The van der Waals surface area contributed by atoms with Gasteiger partial charge in [0.25, 0.3) is 0 Å². The Morgan fingerprint density at radius 3 is 2.45 bits per heavy atom. The lowest BCUT2D eigenvalue weighted by molar-refractivity contribution is 0.833. The Hall–Kier alpha value is -2.33. The summed E-state index contributed by atoms with van der Waals surface area (Å²) < 4.78 is 0. The molecule has 4 heteroatoms. The van der Waals surface area contributed by atoms with Gasteiger partial charge >= 0.3 is 0 Å². The number of aromatic nitrogens is 1. The molecule has 0 unspecified atom stereocenters. The van der Waals surface area contributed by atoms with Crippen molar-refractivity contribution in [3.8, 4) is 0 Å². The SMILES string of the molecule is Cc1cc2cc(CNC(=S)NCc3ccccc3)ccc2[nH]1. The molecule has 0 spiro atoms. The zero-order valence-electron chi connectivity index (χ0n) is 12.5. The van der Waals surface area contributed by atoms with Crippen LogP contribution in [0.1, 0.15) is 16.8 Å². The maximum atomic E-state index is 5.32. The Labute approximate surface area is 135 Å². The lowest BCUT2D eigenvalue weighted by atomic mass is 10.1. The number of aryl methyl sites for hydroxylation is 1. The molecule has 1 heterocycles. The fourth-order valence-electron chi connectivity index (χ4n) is 2.46. The molecule has 3 aromatic rings. The van der Waals surface area contributed by atoms with Gasteiger partial charge in [0, 0.05) is 24.3 Å². The van der Waals surface area contributed by atoms with Gasteiger partial charge < -0.3 is 15.6 Å². The van der Waals surface area contributed by atoms with E-state index >= 15 is 0 Å². The summed E-state index contributed by atoms with van der Waals surface area (Å²) in [7, 11) is 0. The molecule has 3 rings (SSSR count). The number of aromatic amines is 1. The Morgan fingerprint density at radius 2 is 1.68 bits per heavy atom. The molecular weight excluding hydrogens is 290 g/mol. The number of rotatable bonds is 4. The first kappa shape index (κ1) is 14.6. The molecule has 0 aliphatic carbocycles. The van der Waals surface area contributed by atoms with Crippen molar-refractivity contribution < 1.29 is 0 Å². The van der Waals surface area contributed by atoms with Crippen molar-refractivity contribution >= 4 is 28.2 Å². The van der Waals surface area contributed by atoms with Crippen LogP contribution in [0.5, 0.6) is 0 Å². The van der Waals surface area contributed by atoms with Crippen molar-refractivity contribution in [2.45, 2.75) is 20.0 Å². The van der Waals surface area contributed by atoms with E-state index < -0.39 is 0 Å². The quantitative estimate of drug-likeness (QED) is 0.644. The highest BCUT2D eigenvalue weighted by molar-refractivity contribution is 7.80. The molecule has 3 N–H and O–H groups in total. The third kappa shape index (κ3) is 3.65. The summed E-state index contributed by atoms with van der Waals surface area (Å²) in [6, 6.07) is 18.8. The van der Waals surface area contributed by atoms with Gasteiger partial charge in [0.1, 0.15) is 0 Å². The second-order valence-electron chi connectivity index (χ2n) is 5.40. The summed E-state index contributed by atoms with van der Waals surface area (Å²) in [6.45, 7) is 3.53. The van der Waals surface area contributed by atoms with E-state index in [1.54, 1.807) is 0 Å². The molecule has 0 bridgehead atoms. The van der Waals surface area contributed by atoms with Crippen molar-refractivity contribution in [1.29, 1.82) is 0 Å². The van der Waals surface area contributed by atoms with Gasteiger partial charge in [-0.25, -0.2) is 0 Å². The predicted octanol–water partition coefficient (Wildman–Crippen LogP) is 3.64. The van der Waals surface area contributed by atoms with Crippen molar-refractivity contribution in [3.05, 3.63) is 71.4 Å². The third-order valence-corrected chi connectivity index (χ3v) is 3.86. The van der Waals surface area contributed by atoms with Gasteiger partial charge in [0.15, 0.2) is 5.11 Å². The van der Waals surface area contributed by atoms with Gasteiger partial charge in [-0.2, -0.15) is 0 Å². The summed E-state index contributed by atoms with van der Waals surface area (Å²) in [5.74, 6) is 0. The van der Waals surface area contributed by atoms with Crippen LogP contribution in [-0.4, -0.2) is 10.1 Å². The van der Waals surface area contributed by atoms with Crippen LogP contribution in [-0.2, 0) is 13.1 Å². The molecular formula is C18H19N3S. The van der Waals surface area contributed by atoms with Crippen LogP contribution >= 0.6 is 12.2 Å². The molecule has 22 heavy (non-hydrogen) atoms. The second kappa shape index (κ2) is 6.62. The maximum Gasteiger partial charge on any atom is 0.166 e. The molecule has 3 nitrogen and oxygen atoms in total. The number of fused-ring (bicyclic) bond motifs is 1. The molecule has 0 saturated heterocycles. The van der Waals surface area contributed by atoms with Crippen LogP contribution in [0, 0.1) is 6.92 Å². The molecule has 0 atom stereocenters. The maximum absolute atomic E-state index is 5.32. The van der Waals surface area contributed by atoms with Crippen molar-refractivity contribution in [1.82, 2.24) is 15.6 Å². The molecule has 0 aliphatic heterocycles. The summed E-state index contributed by atoms with van der Waals surface area (Å²) in [5.41, 5.74) is 4.79. The first-order valence-corrected chi connectivity index (χ1v) is 7.75. The molecule has 2 aromatic carbocycles. The fourth-order valence-corrected chi connectivity index (χ4v) is 2.60. The van der Waals surface area contributed by atoms with Crippen molar-refractivity contribution in [3.63, 3.8) is 0 Å². The normalized spacial score (nSPS) is 10.6. The van der Waals surface area contributed by atoms with E-state index in [0.717, 1.165) is 13.1 Å². The molecule has 0 saturated carbocycles. The average molecular weight is 309 g/mol. The lowest BCUT2D eigenvalue weighted by Gasteiger charge is -2.10. The summed E-state index contributed by atoms with van der Waals surface area (Å²) in [5, 5.41) is 8.39. The summed E-state index contributed by atoms with van der Waals surface area (Å²) in [4.78, 5) is 3.33. The van der Waals surface area contributed by atoms with Gasteiger partial charge in [-0.3, -0.25) is 0 Å². The van der Waals surface area contributed by atoms with E-state index in [9.17, 15) is 0 Å². The minimum absolute atomic E-state index is 0.675. The summed E-state index contributed by atoms with van der Waals surface area (Å²) in [6.07, 6.45) is 0. The van der Waals surface area contributed by atoms with Gasteiger partial charge in [0.2, 0.25) is 0 Å². The minimum atomic E-state index is 0.675. The smallest absolute Gasteiger partial charge is 0.166 e. The first-order valence-electron chi connectivity index (χ1n) is 7.34. The van der Waals surface area contributed by atoms with Crippen LogP contribution in [0.25, 0.3) is 10.9 Å². The van der Waals surface area contributed by atoms with E-state index in [0.29, 0.717) is 5.11 Å². The van der Waals surface area contributed by atoms with Crippen LogP contribution in [0.2, 0.25) is 0 Å². The van der Waals surface area contributed by atoms with Gasteiger partial charge in [-0.1, -0.05) is 36.4 Å². The Bertz CT molecular complexity index is 777. The van der Waals surface area contributed by atoms with Crippen LogP contribution < -0.4 is 10.6 Å². The van der Waals surface area contributed by atoms with Gasteiger partial charge in [0.05, 0.1) is 0 Å². The van der Waals surface area contributed by atoms with Crippen LogP contribution in [0.15, 0.2) is 54.6 Å². The molecule has 0 amide bonds. The Morgan fingerprint density at radius 1 is 0.955 bits per heavy atom. The highest BCUT2D eigenvalue weighted by Crippen LogP contribution is 2.16. The van der Waals surface area contributed by atoms with Crippen molar-refractivity contribution in [2.24, 2.45) is 0 Å². The van der Waals surface area contributed by atoms with E-state index in [4.69, 9.17) is 12.2 Å². The van der Waals surface area contributed by atoms with E-state index in [1.165, 1.54) is 27.7 Å². The van der Waals surface area contributed by atoms with E-state index in [-0.39, 0.29) is 0 Å². The number of hydrogen-bond acceptors (Lipinski definition) is 1. The highest BCUT2D eigenvalue weighted by Gasteiger charge is 2.01. The first-order chi connectivity index (χ1) is 10.7. The Balaban J connectivity index is 1.53. The molecule has 0 aliphatic rings. The standard InChI is InChI=1S/C18H19N3S/c1-13-9-16-10-15(7-8-17(16)21-13)12-20-18(22)19-11-14-5-3-2-4-6-14/h2-10,21H,11-12H2,1H3,(H2,19,20,22).